The van der Waals surface area contributed by atoms with Crippen LogP contribution in [-0.4, -0.2) is 35.7 Å². The van der Waals surface area contributed by atoms with Gasteiger partial charge in [-0.1, -0.05) is 26.2 Å². The maximum absolute atomic E-state index is 12.2. The summed E-state index contributed by atoms with van der Waals surface area (Å²) in [5, 5.41) is 0. The molecule has 0 N–H and O–H groups in total. The summed E-state index contributed by atoms with van der Waals surface area (Å²) in [5.74, 6) is 2.15. The number of hydrogen-bond donors (Lipinski definition) is 0. The first kappa shape index (κ1) is 18.5. The van der Waals surface area contributed by atoms with Gasteiger partial charge in [0.2, 0.25) is 0 Å². The highest BCUT2D eigenvalue weighted by atomic mass is 16.6. The van der Waals surface area contributed by atoms with Crippen LogP contribution in [0.25, 0.3) is 5.65 Å². The van der Waals surface area contributed by atoms with Crippen LogP contribution >= 0.6 is 0 Å². The van der Waals surface area contributed by atoms with Crippen molar-refractivity contribution in [2.75, 3.05) is 25.2 Å². The van der Waals surface area contributed by atoms with Crippen LogP contribution in [0.4, 0.5) is 10.6 Å². The molecule has 0 atom stereocenters. The summed E-state index contributed by atoms with van der Waals surface area (Å²) in [6.07, 6.45) is 8.70. The van der Waals surface area contributed by atoms with E-state index in [1.165, 1.54) is 37.0 Å². The minimum Gasteiger partial charge on any atom is -0.489 e. The third-order valence-electron chi connectivity index (χ3n) is 5.05. The van der Waals surface area contributed by atoms with Crippen molar-refractivity contribution in [1.29, 1.82) is 0 Å². The number of amides is 1. The number of aromatic nitrogens is 2. The molecule has 2 heterocycles. The van der Waals surface area contributed by atoms with Gasteiger partial charge in [0, 0.05) is 13.2 Å². The van der Waals surface area contributed by atoms with Crippen molar-refractivity contribution in [2.24, 2.45) is 5.92 Å². The number of rotatable bonds is 6. The van der Waals surface area contributed by atoms with Gasteiger partial charge in [-0.3, -0.25) is 9.30 Å². The first-order valence-corrected chi connectivity index (χ1v) is 9.68. The summed E-state index contributed by atoms with van der Waals surface area (Å²) >= 11 is 0. The van der Waals surface area contributed by atoms with Gasteiger partial charge in [0.05, 0.1) is 18.9 Å². The lowest BCUT2D eigenvalue weighted by Gasteiger charge is -2.21. The third-order valence-corrected chi connectivity index (χ3v) is 5.05. The molecule has 1 aliphatic carbocycles. The highest BCUT2D eigenvalue weighted by molar-refractivity contribution is 5.87. The first-order valence-electron chi connectivity index (χ1n) is 9.68. The van der Waals surface area contributed by atoms with Gasteiger partial charge < -0.3 is 9.47 Å². The number of anilines is 1. The highest BCUT2D eigenvalue weighted by Crippen LogP contribution is 2.30. The lowest BCUT2D eigenvalue weighted by atomic mass is 9.90. The van der Waals surface area contributed by atoms with Gasteiger partial charge in [-0.2, -0.15) is 0 Å². The number of pyridine rings is 1. The second-order valence-corrected chi connectivity index (χ2v) is 6.87. The normalized spacial score (nSPS) is 15.2. The number of carbonyl (C=O) groups excluding carboxylic acids is 1. The van der Waals surface area contributed by atoms with Crippen molar-refractivity contribution in [3.8, 4) is 5.75 Å². The van der Waals surface area contributed by atoms with Gasteiger partial charge in [-0.25, -0.2) is 9.78 Å². The standard InChI is InChI=1S/C20H29N3O3/c1-4-16-19(22(3)20(24)25-5-2)23-13-9-12-17(18(23)21-16)26-14-15-10-7-6-8-11-15/h9,12-13,15H,4-8,10-11,14H2,1-3H3. The van der Waals surface area contributed by atoms with Crippen LogP contribution < -0.4 is 9.64 Å². The fourth-order valence-electron chi connectivity index (χ4n) is 3.65. The zero-order valence-electron chi connectivity index (χ0n) is 16.0. The molecule has 0 saturated heterocycles. The molecule has 0 aromatic carbocycles. The molecular weight excluding hydrogens is 330 g/mol. The predicted octanol–water partition coefficient (Wildman–Crippen LogP) is 4.45. The molecule has 6 nitrogen and oxygen atoms in total. The fraction of sp³-hybridized carbons (Fsp3) is 0.600. The van der Waals surface area contributed by atoms with Crippen LogP contribution in [0.15, 0.2) is 18.3 Å². The Bertz CT molecular complexity index is 750. The Hall–Kier alpha value is -2.24. The van der Waals surface area contributed by atoms with E-state index in [4.69, 9.17) is 14.5 Å². The largest absolute Gasteiger partial charge is 0.489 e. The number of imidazole rings is 1. The van der Waals surface area contributed by atoms with E-state index in [-0.39, 0.29) is 6.09 Å². The van der Waals surface area contributed by atoms with E-state index in [0.29, 0.717) is 12.5 Å². The number of fused-ring (bicyclic) bond motifs is 1. The number of carbonyl (C=O) groups is 1. The number of ether oxygens (including phenoxy) is 2. The maximum Gasteiger partial charge on any atom is 0.415 e. The van der Waals surface area contributed by atoms with E-state index < -0.39 is 0 Å². The highest BCUT2D eigenvalue weighted by Gasteiger charge is 2.23. The molecule has 0 aliphatic heterocycles. The molecule has 2 aromatic rings. The van der Waals surface area contributed by atoms with E-state index in [0.717, 1.165) is 35.9 Å². The smallest absolute Gasteiger partial charge is 0.415 e. The zero-order chi connectivity index (χ0) is 18.5. The Kier molecular flexibility index (Phi) is 6.01. The number of aryl methyl sites for hydroxylation is 1. The van der Waals surface area contributed by atoms with Crippen molar-refractivity contribution in [3.05, 3.63) is 24.0 Å². The van der Waals surface area contributed by atoms with Crippen molar-refractivity contribution < 1.29 is 14.3 Å². The Balaban J connectivity index is 1.88. The van der Waals surface area contributed by atoms with E-state index in [9.17, 15) is 4.79 Å². The summed E-state index contributed by atoms with van der Waals surface area (Å²) in [6.45, 7) is 4.92. The zero-order valence-corrected chi connectivity index (χ0v) is 16.0. The molecule has 1 fully saturated rings. The molecule has 1 aliphatic rings. The summed E-state index contributed by atoms with van der Waals surface area (Å²) in [6, 6.07) is 3.89. The molecule has 0 unspecified atom stereocenters. The molecule has 0 radical (unpaired) electrons. The van der Waals surface area contributed by atoms with E-state index in [1.54, 1.807) is 14.0 Å². The molecule has 1 amide bonds. The van der Waals surface area contributed by atoms with Crippen LogP contribution in [0.1, 0.15) is 51.6 Å². The van der Waals surface area contributed by atoms with Gasteiger partial charge in [-0.15, -0.1) is 0 Å². The van der Waals surface area contributed by atoms with Gasteiger partial charge in [0.1, 0.15) is 5.82 Å². The van der Waals surface area contributed by atoms with E-state index in [2.05, 4.69) is 0 Å². The quantitative estimate of drug-likeness (QED) is 0.765. The summed E-state index contributed by atoms with van der Waals surface area (Å²) < 4.78 is 13.2. The second kappa shape index (κ2) is 8.43. The van der Waals surface area contributed by atoms with Crippen molar-refractivity contribution in [2.45, 2.75) is 52.4 Å². The van der Waals surface area contributed by atoms with Gasteiger partial charge >= 0.3 is 6.09 Å². The van der Waals surface area contributed by atoms with Crippen molar-refractivity contribution >= 4 is 17.6 Å². The summed E-state index contributed by atoms with van der Waals surface area (Å²) in [7, 11) is 1.72. The average molecular weight is 359 g/mol. The predicted molar refractivity (Wildman–Crippen MR) is 102 cm³/mol. The van der Waals surface area contributed by atoms with Crippen LogP contribution in [-0.2, 0) is 11.2 Å². The van der Waals surface area contributed by atoms with Crippen molar-refractivity contribution in [1.82, 2.24) is 9.38 Å². The Labute approximate surface area is 155 Å². The Morgan fingerprint density at radius 3 is 2.77 bits per heavy atom. The lowest BCUT2D eigenvalue weighted by Crippen LogP contribution is -2.29. The molecule has 6 heteroatoms. The van der Waals surface area contributed by atoms with Gasteiger partial charge in [0.25, 0.3) is 0 Å². The third kappa shape index (κ3) is 3.79. The molecule has 3 rings (SSSR count). The van der Waals surface area contributed by atoms with Crippen molar-refractivity contribution in [3.63, 3.8) is 0 Å². The summed E-state index contributed by atoms with van der Waals surface area (Å²) in [4.78, 5) is 18.5. The van der Waals surface area contributed by atoms with Crippen LogP contribution in [0, 0.1) is 5.92 Å². The first-order chi connectivity index (χ1) is 12.7. The van der Waals surface area contributed by atoms with Crippen LogP contribution in [0.3, 0.4) is 0 Å². The number of nitrogens with zero attached hydrogens (tertiary/aromatic N) is 3. The average Bonchev–Trinajstić information content (AvgIpc) is 3.06. The second-order valence-electron chi connectivity index (χ2n) is 6.87. The fourth-order valence-corrected chi connectivity index (χ4v) is 3.65. The SMILES string of the molecule is CCOC(=O)N(C)c1c(CC)nc2c(OCC3CCCCC3)cccn12. The van der Waals surface area contributed by atoms with Gasteiger partial charge in [-0.05, 0) is 44.2 Å². The van der Waals surface area contributed by atoms with E-state index >= 15 is 0 Å². The molecule has 142 valence electrons. The molecule has 1 saturated carbocycles. The summed E-state index contributed by atoms with van der Waals surface area (Å²) in [5.41, 5.74) is 1.61. The topological polar surface area (TPSA) is 56.1 Å². The molecule has 2 aromatic heterocycles. The number of hydrogen-bond acceptors (Lipinski definition) is 4. The van der Waals surface area contributed by atoms with Crippen LogP contribution in [0.5, 0.6) is 5.75 Å². The lowest BCUT2D eigenvalue weighted by molar-refractivity contribution is 0.161. The molecule has 0 spiro atoms. The molecule has 26 heavy (non-hydrogen) atoms. The molecular formula is C20H29N3O3. The van der Waals surface area contributed by atoms with Gasteiger partial charge in [0.15, 0.2) is 11.4 Å². The molecule has 0 bridgehead atoms. The minimum atomic E-state index is -0.377. The Morgan fingerprint density at radius 2 is 2.08 bits per heavy atom. The Morgan fingerprint density at radius 1 is 1.31 bits per heavy atom. The van der Waals surface area contributed by atoms with Crippen LogP contribution in [0.2, 0.25) is 0 Å². The monoisotopic (exact) mass is 359 g/mol. The van der Waals surface area contributed by atoms with E-state index in [1.807, 2.05) is 29.7 Å². The maximum atomic E-state index is 12.2. The minimum absolute atomic E-state index is 0.344.